The van der Waals surface area contributed by atoms with Crippen LogP contribution in [0.2, 0.25) is 0 Å². The Bertz CT molecular complexity index is 149. The summed E-state index contributed by atoms with van der Waals surface area (Å²) in [6.07, 6.45) is 13.3. The van der Waals surface area contributed by atoms with E-state index in [1.807, 2.05) is 0 Å². The van der Waals surface area contributed by atoms with Gasteiger partial charge >= 0.3 is 0 Å². The lowest BCUT2D eigenvalue weighted by molar-refractivity contribution is 0.498. The Morgan fingerprint density at radius 3 is 1.60 bits per heavy atom. The first-order valence-corrected chi connectivity index (χ1v) is 8.05. The molecule has 0 amide bonds. The molecular weight excluding hydrogens is 207 g/mol. The molecule has 0 heterocycles. The molecule has 0 aliphatic carbocycles. The molecule has 0 spiro atoms. The van der Waals surface area contributed by atoms with Crippen molar-refractivity contribution in [2.24, 2.45) is 0 Å². The predicted molar refractivity (Wildman–Crippen MR) is 67.9 cm³/mol. The Labute approximate surface area is 95.3 Å². The average molecular weight is 234 g/mol. The van der Waals surface area contributed by atoms with E-state index in [9.17, 15) is 4.57 Å². The van der Waals surface area contributed by atoms with E-state index < -0.39 is 8.03 Å². The fourth-order valence-corrected chi connectivity index (χ4v) is 2.32. The van der Waals surface area contributed by atoms with Gasteiger partial charge in [-0.15, -0.1) is 0 Å². The molecule has 2 nitrogen and oxygen atoms in total. The summed E-state index contributed by atoms with van der Waals surface area (Å²) >= 11 is 0. The largest absolute Gasteiger partial charge is 0.346 e. The smallest absolute Gasteiger partial charge is 0.189 e. The fraction of sp³-hybridized carbons (Fsp3) is 1.00. The summed E-state index contributed by atoms with van der Waals surface area (Å²) in [7, 11) is -2.19. The van der Waals surface area contributed by atoms with Crippen LogP contribution in [0.1, 0.15) is 71.1 Å². The zero-order chi connectivity index (χ0) is 11.4. The molecule has 0 fully saturated rings. The molecule has 0 radical (unpaired) electrons. The highest BCUT2D eigenvalue weighted by Gasteiger charge is 1.94. The molecule has 0 aromatic carbocycles. The number of rotatable bonds is 11. The van der Waals surface area contributed by atoms with E-state index in [0.717, 1.165) is 12.8 Å². The molecule has 1 unspecified atom stereocenters. The second-order valence-corrected chi connectivity index (χ2v) is 5.61. The van der Waals surface area contributed by atoms with E-state index in [-0.39, 0.29) is 0 Å². The van der Waals surface area contributed by atoms with E-state index in [1.54, 1.807) is 0 Å². The summed E-state index contributed by atoms with van der Waals surface area (Å²) in [6, 6.07) is 0. The lowest BCUT2D eigenvalue weighted by atomic mass is 10.1. The monoisotopic (exact) mass is 234 g/mol. The van der Waals surface area contributed by atoms with Gasteiger partial charge in [-0.25, -0.2) is 0 Å². The van der Waals surface area contributed by atoms with Crippen molar-refractivity contribution in [1.29, 1.82) is 0 Å². The van der Waals surface area contributed by atoms with Gasteiger partial charge in [0.1, 0.15) is 0 Å². The van der Waals surface area contributed by atoms with Crippen molar-refractivity contribution < 1.29 is 9.46 Å². The number of unbranched alkanes of at least 4 members (excludes halogenated alkanes) is 9. The lowest BCUT2D eigenvalue weighted by Crippen LogP contribution is -1.83. The maximum atomic E-state index is 10.4. The van der Waals surface area contributed by atoms with Gasteiger partial charge in [0.05, 0.1) is 0 Å². The quantitative estimate of drug-likeness (QED) is 0.425. The van der Waals surface area contributed by atoms with Crippen molar-refractivity contribution in [2.45, 2.75) is 71.1 Å². The normalized spacial score (nSPS) is 12.9. The minimum absolute atomic E-state index is 0.529. The van der Waals surface area contributed by atoms with Crippen LogP contribution in [0.25, 0.3) is 0 Å². The summed E-state index contributed by atoms with van der Waals surface area (Å²) in [5.41, 5.74) is 0. The van der Waals surface area contributed by atoms with E-state index in [1.165, 1.54) is 51.4 Å². The van der Waals surface area contributed by atoms with Gasteiger partial charge < -0.3 is 4.89 Å². The highest BCUT2D eigenvalue weighted by atomic mass is 31.1. The zero-order valence-electron chi connectivity index (χ0n) is 10.1. The van der Waals surface area contributed by atoms with E-state index in [0.29, 0.717) is 6.16 Å². The summed E-state index contributed by atoms with van der Waals surface area (Å²) in [6.45, 7) is 2.24. The zero-order valence-corrected chi connectivity index (χ0v) is 11.1. The molecule has 0 aliphatic rings. The van der Waals surface area contributed by atoms with Crippen LogP contribution < -0.4 is 0 Å². The molecule has 15 heavy (non-hydrogen) atoms. The second-order valence-electron chi connectivity index (χ2n) is 4.33. The summed E-state index contributed by atoms with van der Waals surface area (Å²) in [5.74, 6) is 0. The van der Waals surface area contributed by atoms with Crippen molar-refractivity contribution in [3.05, 3.63) is 0 Å². The predicted octanol–water partition coefficient (Wildman–Crippen LogP) is 4.37. The average Bonchev–Trinajstić information content (AvgIpc) is 2.20. The molecule has 0 saturated heterocycles. The maximum Gasteiger partial charge on any atom is 0.189 e. The molecule has 0 aliphatic heterocycles. The Morgan fingerprint density at radius 2 is 1.20 bits per heavy atom. The van der Waals surface area contributed by atoms with Crippen molar-refractivity contribution in [2.75, 3.05) is 6.16 Å². The van der Waals surface area contributed by atoms with Crippen LogP contribution in [0.5, 0.6) is 0 Å². The Morgan fingerprint density at radius 1 is 0.800 bits per heavy atom. The standard InChI is InChI=1S/C12H27O2P/c1-2-3-4-5-6-7-8-9-10-11-12-15(13)14/h15H,2-12H2,1H3,(H,13,14). The summed E-state index contributed by atoms with van der Waals surface area (Å²) < 4.78 is 10.4. The first-order chi connectivity index (χ1) is 7.27. The van der Waals surface area contributed by atoms with Crippen LogP contribution in [0.15, 0.2) is 0 Å². The molecule has 0 aromatic rings. The molecule has 0 saturated carbocycles. The van der Waals surface area contributed by atoms with Crippen LogP contribution in [0.4, 0.5) is 0 Å². The third kappa shape index (κ3) is 14.2. The Balaban J connectivity index is 2.89. The van der Waals surface area contributed by atoms with E-state index in [2.05, 4.69) is 6.92 Å². The summed E-state index contributed by atoms with van der Waals surface area (Å²) in [4.78, 5) is 8.62. The van der Waals surface area contributed by atoms with E-state index in [4.69, 9.17) is 4.89 Å². The highest BCUT2D eigenvalue weighted by molar-refractivity contribution is 7.37. The van der Waals surface area contributed by atoms with Crippen LogP contribution in [-0.4, -0.2) is 11.1 Å². The molecule has 0 rings (SSSR count). The third-order valence-corrected chi connectivity index (χ3v) is 3.53. The first kappa shape index (κ1) is 15.2. The molecule has 3 heteroatoms. The van der Waals surface area contributed by atoms with Gasteiger partial charge in [0.15, 0.2) is 8.03 Å². The molecule has 1 atom stereocenters. The molecule has 0 bridgehead atoms. The van der Waals surface area contributed by atoms with Gasteiger partial charge in [-0.05, 0) is 6.42 Å². The molecule has 0 aromatic heterocycles. The Kier molecular flexibility index (Phi) is 12.4. The van der Waals surface area contributed by atoms with Crippen molar-refractivity contribution in [3.8, 4) is 0 Å². The van der Waals surface area contributed by atoms with Crippen LogP contribution >= 0.6 is 8.03 Å². The maximum absolute atomic E-state index is 10.4. The minimum Gasteiger partial charge on any atom is -0.346 e. The van der Waals surface area contributed by atoms with Gasteiger partial charge in [-0.1, -0.05) is 64.7 Å². The third-order valence-electron chi connectivity index (χ3n) is 2.74. The molecule has 1 N–H and O–H groups in total. The van der Waals surface area contributed by atoms with Crippen molar-refractivity contribution in [3.63, 3.8) is 0 Å². The summed E-state index contributed by atoms with van der Waals surface area (Å²) in [5, 5.41) is 0. The van der Waals surface area contributed by atoms with Gasteiger partial charge in [-0.2, -0.15) is 0 Å². The van der Waals surface area contributed by atoms with E-state index >= 15 is 0 Å². The van der Waals surface area contributed by atoms with Gasteiger partial charge in [0.2, 0.25) is 0 Å². The van der Waals surface area contributed by atoms with Crippen LogP contribution in [0.3, 0.4) is 0 Å². The van der Waals surface area contributed by atoms with Gasteiger partial charge in [0, 0.05) is 6.16 Å². The molecule has 92 valence electrons. The van der Waals surface area contributed by atoms with Crippen LogP contribution in [-0.2, 0) is 4.57 Å². The first-order valence-electron chi connectivity index (χ1n) is 6.49. The van der Waals surface area contributed by atoms with Crippen LogP contribution in [0, 0.1) is 0 Å². The Hall–Kier alpha value is 0.190. The van der Waals surface area contributed by atoms with Crippen molar-refractivity contribution in [1.82, 2.24) is 0 Å². The minimum atomic E-state index is -2.19. The number of hydrogen-bond acceptors (Lipinski definition) is 1. The fourth-order valence-electron chi connectivity index (χ4n) is 1.76. The molecular formula is C12H27O2P. The van der Waals surface area contributed by atoms with Gasteiger partial charge in [-0.3, -0.25) is 4.57 Å². The van der Waals surface area contributed by atoms with Gasteiger partial charge in [0.25, 0.3) is 0 Å². The topological polar surface area (TPSA) is 37.3 Å². The lowest BCUT2D eigenvalue weighted by Gasteiger charge is -2.01. The van der Waals surface area contributed by atoms with Crippen molar-refractivity contribution >= 4 is 8.03 Å². The highest BCUT2D eigenvalue weighted by Crippen LogP contribution is 2.17. The SMILES string of the molecule is CCCCCCCCCCCC[PH](=O)O. The second kappa shape index (κ2) is 12.3. The number of hydrogen-bond donors (Lipinski definition) is 1.